The molecule has 3 aromatic heterocycles. The van der Waals surface area contributed by atoms with Gasteiger partial charge in [0.2, 0.25) is 5.95 Å². The second kappa shape index (κ2) is 6.02. The molecule has 3 rings (SSSR count). The van der Waals surface area contributed by atoms with Crippen LogP contribution in [0.25, 0.3) is 10.6 Å². The summed E-state index contributed by atoms with van der Waals surface area (Å²) in [5, 5.41) is 15.5. The number of hydrogen-bond donors (Lipinski definition) is 2. The highest BCUT2D eigenvalue weighted by Crippen LogP contribution is 2.25. The van der Waals surface area contributed by atoms with E-state index in [1.54, 1.807) is 16.7 Å². The van der Waals surface area contributed by atoms with Crippen LogP contribution in [0.4, 0.5) is 5.95 Å². The molecular weight excluding hydrogens is 310 g/mol. The summed E-state index contributed by atoms with van der Waals surface area (Å²) < 4.78 is 5.11. The van der Waals surface area contributed by atoms with Gasteiger partial charge in [0.15, 0.2) is 0 Å². The number of amides is 1. The fourth-order valence-corrected chi connectivity index (χ4v) is 3.08. The number of hydrogen-bond acceptors (Lipinski definition) is 7. The summed E-state index contributed by atoms with van der Waals surface area (Å²) in [6.07, 6.45) is 0. The molecule has 1 amide bonds. The molecule has 0 aliphatic rings. The molecular formula is C12H11N5O2S2. The minimum atomic E-state index is -0.341. The van der Waals surface area contributed by atoms with Gasteiger partial charge in [-0.25, -0.2) is 10.1 Å². The van der Waals surface area contributed by atoms with Crippen LogP contribution in [0.5, 0.6) is 6.01 Å². The van der Waals surface area contributed by atoms with Crippen molar-refractivity contribution in [3.8, 4) is 16.6 Å². The molecule has 7 nitrogen and oxygen atoms in total. The maximum atomic E-state index is 12.1. The molecule has 0 atom stereocenters. The topological polar surface area (TPSA) is 92.8 Å². The molecule has 0 aliphatic carbocycles. The highest BCUT2D eigenvalue weighted by atomic mass is 32.1. The number of nitrogens with one attached hydrogen (secondary N) is 2. The molecule has 0 aromatic carbocycles. The van der Waals surface area contributed by atoms with E-state index in [1.165, 1.54) is 11.3 Å². The van der Waals surface area contributed by atoms with Crippen LogP contribution in [0.15, 0.2) is 22.2 Å². The van der Waals surface area contributed by atoms with Crippen molar-refractivity contribution >= 4 is 34.5 Å². The van der Waals surface area contributed by atoms with Crippen LogP contribution in [0.3, 0.4) is 0 Å². The van der Waals surface area contributed by atoms with Crippen LogP contribution < -0.4 is 10.1 Å². The fourth-order valence-electron chi connectivity index (χ4n) is 1.56. The van der Waals surface area contributed by atoms with Crippen molar-refractivity contribution in [2.75, 3.05) is 11.9 Å². The van der Waals surface area contributed by atoms with Gasteiger partial charge in [-0.15, -0.1) is 16.4 Å². The van der Waals surface area contributed by atoms with Crippen molar-refractivity contribution in [3.05, 3.63) is 27.9 Å². The molecule has 3 aromatic rings. The van der Waals surface area contributed by atoms with Gasteiger partial charge in [0.25, 0.3) is 5.91 Å². The molecule has 0 spiro atoms. The molecule has 21 heavy (non-hydrogen) atoms. The monoisotopic (exact) mass is 321 g/mol. The number of aromatic nitrogens is 4. The van der Waals surface area contributed by atoms with E-state index in [-0.39, 0.29) is 17.9 Å². The number of nitrogens with zero attached hydrogens (tertiary/aromatic N) is 3. The second-order valence-electron chi connectivity index (χ2n) is 3.90. The molecule has 9 heteroatoms. The molecule has 3 heterocycles. The van der Waals surface area contributed by atoms with E-state index in [2.05, 4.69) is 25.5 Å². The zero-order chi connectivity index (χ0) is 14.7. The lowest BCUT2D eigenvalue weighted by Gasteiger charge is -1.97. The molecule has 0 saturated heterocycles. The van der Waals surface area contributed by atoms with Crippen LogP contribution in [0.2, 0.25) is 0 Å². The zero-order valence-electron chi connectivity index (χ0n) is 11.0. The Labute approximate surface area is 128 Å². The predicted octanol–water partition coefficient (Wildman–Crippen LogP) is 2.64. The predicted molar refractivity (Wildman–Crippen MR) is 80.9 cm³/mol. The largest absolute Gasteiger partial charge is 0.463 e. The van der Waals surface area contributed by atoms with Gasteiger partial charge in [-0.05, 0) is 18.4 Å². The lowest BCUT2D eigenvalue weighted by Crippen LogP contribution is -2.13. The summed E-state index contributed by atoms with van der Waals surface area (Å²) in [6, 6.07) is 2.17. The maximum Gasteiger partial charge on any atom is 0.337 e. The first-order valence-electron chi connectivity index (χ1n) is 6.11. The third-order valence-corrected chi connectivity index (χ3v) is 4.05. The third-order valence-electron chi connectivity index (χ3n) is 2.48. The van der Waals surface area contributed by atoms with E-state index in [0.29, 0.717) is 12.3 Å². The Bertz CT molecular complexity index is 735. The van der Waals surface area contributed by atoms with E-state index < -0.39 is 0 Å². The van der Waals surface area contributed by atoms with Crippen molar-refractivity contribution in [2.24, 2.45) is 0 Å². The van der Waals surface area contributed by atoms with Gasteiger partial charge in [0.05, 0.1) is 6.61 Å². The molecule has 0 fully saturated rings. The minimum absolute atomic E-state index is 0.199. The summed E-state index contributed by atoms with van der Waals surface area (Å²) in [7, 11) is 0. The van der Waals surface area contributed by atoms with E-state index in [9.17, 15) is 4.79 Å². The van der Waals surface area contributed by atoms with Crippen molar-refractivity contribution < 1.29 is 9.53 Å². The van der Waals surface area contributed by atoms with Gasteiger partial charge in [-0.1, -0.05) is 0 Å². The van der Waals surface area contributed by atoms with E-state index >= 15 is 0 Å². The first-order chi connectivity index (χ1) is 10.3. The van der Waals surface area contributed by atoms with Crippen molar-refractivity contribution in [1.29, 1.82) is 0 Å². The number of H-pyrrole nitrogens is 1. The molecule has 0 unspecified atom stereocenters. The number of aromatic amines is 1. The number of thiophene rings is 1. The van der Waals surface area contributed by atoms with Crippen molar-refractivity contribution in [1.82, 2.24) is 20.2 Å². The Morgan fingerprint density at radius 1 is 1.43 bits per heavy atom. The summed E-state index contributed by atoms with van der Waals surface area (Å²) >= 11 is 3.01. The minimum Gasteiger partial charge on any atom is -0.463 e. The third kappa shape index (κ3) is 3.09. The highest BCUT2D eigenvalue weighted by Gasteiger charge is 2.14. The SMILES string of the molecule is CCOc1n[nH]c(NC(=O)c2csc(-c3ccsc3)n2)n1. The number of thiazole rings is 1. The number of carbonyl (C=O) groups excluding carboxylic acids is 1. The Balaban J connectivity index is 1.70. The number of anilines is 1. The Morgan fingerprint density at radius 3 is 3.10 bits per heavy atom. The average Bonchev–Trinajstić information content (AvgIpc) is 3.20. The molecule has 0 saturated carbocycles. The summed E-state index contributed by atoms with van der Waals surface area (Å²) in [5.41, 5.74) is 1.36. The number of rotatable bonds is 5. The van der Waals surface area contributed by atoms with Gasteiger partial charge >= 0.3 is 6.01 Å². The summed E-state index contributed by atoms with van der Waals surface area (Å²) in [5.74, 6) is -0.111. The highest BCUT2D eigenvalue weighted by molar-refractivity contribution is 7.14. The quantitative estimate of drug-likeness (QED) is 0.753. The first kappa shape index (κ1) is 13.7. The molecule has 0 radical (unpaired) electrons. The molecule has 2 N–H and O–H groups in total. The zero-order valence-corrected chi connectivity index (χ0v) is 12.6. The summed E-state index contributed by atoms with van der Waals surface area (Å²) in [4.78, 5) is 20.4. The van der Waals surface area contributed by atoms with E-state index in [0.717, 1.165) is 10.6 Å². The van der Waals surface area contributed by atoms with Gasteiger partial charge in [-0.3, -0.25) is 10.1 Å². The Hall–Kier alpha value is -2.26. The summed E-state index contributed by atoms with van der Waals surface area (Å²) in [6.45, 7) is 2.29. The van der Waals surface area contributed by atoms with E-state index in [4.69, 9.17) is 4.74 Å². The van der Waals surface area contributed by atoms with Gasteiger partial charge in [0, 0.05) is 16.3 Å². The van der Waals surface area contributed by atoms with Gasteiger partial charge in [-0.2, -0.15) is 16.3 Å². The van der Waals surface area contributed by atoms with Gasteiger partial charge in [0.1, 0.15) is 10.7 Å². The lowest BCUT2D eigenvalue weighted by molar-refractivity contribution is 0.102. The number of carbonyl (C=O) groups is 1. The molecule has 0 aliphatic heterocycles. The van der Waals surface area contributed by atoms with Crippen LogP contribution in [-0.4, -0.2) is 32.7 Å². The van der Waals surface area contributed by atoms with Crippen LogP contribution in [0, 0.1) is 0 Å². The van der Waals surface area contributed by atoms with Crippen molar-refractivity contribution in [2.45, 2.75) is 6.92 Å². The smallest absolute Gasteiger partial charge is 0.337 e. The molecule has 108 valence electrons. The number of ether oxygens (including phenoxy) is 1. The maximum absolute atomic E-state index is 12.1. The van der Waals surface area contributed by atoms with Crippen LogP contribution in [-0.2, 0) is 0 Å². The fraction of sp³-hybridized carbons (Fsp3) is 0.167. The Kier molecular flexibility index (Phi) is 3.93. The molecule has 0 bridgehead atoms. The van der Waals surface area contributed by atoms with Crippen LogP contribution >= 0.6 is 22.7 Å². The lowest BCUT2D eigenvalue weighted by atomic mass is 10.3. The standard InChI is InChI=1S/C12H11N5O2S2/c1-2-19-12-15-11(16-17-12)14-9(18)8-6-21-10(13-8)7-3-4-20-5-7/h3-6H,2H2,1H3,(H2,14,15,16,17,18). The van der Waals surface area contributed by atoms with Crippen molar-refractivity contribution in [3.63, 3.8) is 0 Å². The average molecular weight is 321 g/mol. The first-order valence-corrected chi connectivity index (χ1v) is 7.93. The normalized spacial score (nSPS) is 10.5. The van der Waals surface area contributed by atoms with E-state index in [1.807, 2.05) is 23.8 Å². The Morgan fingerprint density at radius 2 is 2.33 bits per heavy atom. The second-order valence-corrected chi connectivity index (χ2v) is 5.54. The van der Waals surface area contributed by atoms with Gasteiger partial charge < -0.3 is 4.74 Å². The van der Waals surface area contributed by atoms with Crippen LogP contribution in [0.1, 0.15) is 17.4 Å².